The smallest absolute Gasteiger partial charge is 0.218 e. The first-order chi connectivity index (χ1) is 7.33. The lowest BCUT2D eigenvalue weighted by molar-refractivity contribution is 1.09. The zero-order chi connectivity index (χ0) is 10.7. The van der Waals surface area contributed by atoms with Crippen LogP contribution in [0.25, 0.3) is 15.7 Å². The van der Waals surface area contributed by atoms with E-state index in [4.69, 9.17) is 6.57 Å². The second kappa shape index (κ2) is 4.41. The number of hydrogen-bond acceptors (Lipinski definition) is 1. The molecule has 1 aromatic heterocycles. The van der Waals surface area contributed by atoms with E-state index in [9.17, 15) is 0 Å². The van der Waals surface area contributed by atoms with Crippen molar-refractivity contribution in [3.8, 4) is 0 Å². The molecule has 1 aromatic carbocycles. The topological polar surface area (TPSA) is 17.2 Å². The number of para-hydroxylation sites is 1. The third kappa shape index (κ3) is 2.00. The molecule has 0 atom stereocenters. The van der Waals surface area contributed by atoms with Gasteiger partial charge in [0.05, 0.1) is 5.52 Å². The summed E-state index contributed by atoms with van der Waals surface area (Å²) >= 11 is 3.48. The van der Waals surface area contributed by atoms with Gasteiger partial charge in [-0.15, -0.1) is 0 Å². The van der Waals surface area contributed by atoms with Crippen LogP contribution in [0.4, 0.5) is 0 Å². The summed E-state index contributed by atoms with van der Waals surface area (Å²) in [6.07, 6.45) is 2.59. The Kier molecular flexibility index (Phi) is 2.98. The van der Waals surface area contributed by atoms with Crippen molar-refractivity contribution < 1.29 is 0 Å². The molecule has 0 bridgehead atoms. The molecule has 0 radical (unpaired) electrons. The minimum atomic E-state index is 0.533. The number of nitrogens with zero attached hydrogens (tertiary/aromatic N) is 2. The van der Waals surface area contributed by atoms with Crippen LogP contribution < -0.4 is 0 Å². The molecule has 2 nitrogen and oxygen atoms in total. The highest BCUT2D eigenvalue weighted by atomic mass is 79.9. The Morgan fingerprint density at radius 2 is 2.20 bits per heavy atom. The molecule has 0 unspecified atom stereocenters. The minimum absolute atomic E-state index is 0.533. The Morgan fingerprint density at radius 1 is 1.33 bits per heavy atom. The molecule has 74 valence electrons. The highest BCUT2D eigenvalue weighted by molar-refractivity contribution is 9.10. The molecule has 3 heteroatoms. The van der Waals surface area contributed by atoms with Crippen LogP contribution in [-0.4, -0.2) is 11.5 Å². The molecule has 2 rings (SSSR count). The monoisotopic (exact) mass is 260 g/mol. The second-order valence-corrected chi connectivity index (χ2v) is 4.09. The van der Waals surface area contributed by atoms with Crippen LogP contribution in [0.3, 0.4) is 0 Å². The number of pyridine rings is 1. The molecule has 15 heavy (non-hydrogen) atoms. The van der Waals surface area contributed by atoms with E-state index < -0.39 is 0 Å². The van der Waals surface area contributed by atoms with Crippen molar-refractivity contribution in [2.45, 2.75) is 6.42 Å². The van der Waals surface area contributed by atoms with Crippen molar-refractivity contribution in [1.82, 2.24) is 4.98 Å². The lowest BCUT2D eigenvalue weighted by Gasteiger charge is -2.03. The summed E-state index contributed by atoms with van der Waals surface area (Å²) in [5.41, 5.74) is 2.16. The minimum Gasteiger partial charge on any atom is -0.317 e. The van der Waals surface area contributed by atoms with Gasteiger partial charge in [-0.05, 0) is 33.6 Å². The van der Waals surface area contributed by atoms with E-state index in [1.807, 2.05) is 24.3 Å². The van der Waals surface area contributed by atoms with E-state index in [-0.39, 0.29) is 0 Å². The van der Waals surface area contributed by atoms with E-state index in [1.165, 1.54) is 5.56 Å². The molecule has 0 saturated carbocycles. The SMILES string of the molecule is [C-]#[N+]CCc1ccnc2c(Br)cccc12. The van der Waals surface area contributed by atoms with Gasteiger partial charge in [0.1, 0.15) is 0 Å². The lowest BCUT2D eigenvalue weighted by Crippen LogP contribution is -1.91. The average molecular weight is 261 g/mol. The van der Waals surface area contributed by atoms with Gasteiger partial charge in [-0.3, -0.25) is 4.98 Å². The van der Waals surface area contributed by atoms with Gasteiger partial charge in [0.25, 0.3) is 0 Å². The predicted octanol–water partition coefficient (Wildman–Crippen LogP) is 3.46. The van der Waals surface area contributed by atoms with E-state index in [0.29, 0.717) is 6.54 Å². The summed E-state index contributed by atoms with van der Waals surface area (Å²) in [7, 11) is 0. The van der Waals surface area contributed by atoms with E-state index in [2.05, 4.69) is 25.8 Å². The molecule has 1 heterocycles. The van der Waals surface area contributed by atoms with E-state index >= 15 is 0 Å². The van der Waals surface area contributed by atoms with E-state index in [0.717, 1.165) is 21.8 Å². The maximum Gasteiger partial charge on any atom is 0.218 e. The first-order valence-corrected chi connectivity index (χ1v) is 5.47. The zero-order valence-corrected chi connectivity index (χ0v) is 9.66. The molecule has 2 aromatic rings. The van der Waals surface area contributed by atoms with Crippen LogP contribution >= 0.6 is 15.9 Å². The Morgan fingerprint density at radius 3 is 3.00 bits per heavy atom. The highest BCUT2D eigenvalue weighted by Crippen LogP contribution is 2.24. The van der Waals surface area contributed by atoms with Gasteiger partial charge in [0.2, 0.25) is 6.54 Å². The number of aromatic nitrogens is 1. The lowest BCUT2D eigenvalue weighted by atomic mass is 10.1. The highest BCUT2D eigenvalue weighted by Gasteiger charge is 2.04. The van der Waals surface area contributed by atoms with Crippen molar-refractivity contribution in [3.05, 3.63) is 51.9 Å². The third-order valence-electron chi connectivity index (χ3n) is 2.31. The number of hydrogen-bond donors (Lipinski definition) is 0. The maximum atomic E-state index is 6.80. The van der Waals surface area contributed by atoms with Gasteiger partial charge < -0.3 is 4.85 Å². The molecule has 0 spiro atoms. The summed E-state index contributed by atoms with van der Waals surface area (Å²) < 4.78 is 1.00. The molecule has 0 aliphatic carbocycles. The normalized spacial score (nSPS) is 10.1. The fraction of sp³-hybridized carbons (Fsp3) is 0.167. The van der Waals surface area contributed by atoms with Crippen molar-refractivity contribution in [1.29, 1.82) is 0 Å². The fourth-order valence-electron chi connectivity index (χ4n) is 1.59. The fourth-order valence-corrected chi connectivity index (χ4v) is 2.06. The number of rotatable bonds is 2. The van der Waals surface area contributed by atoms with Crippen LogP contribution in [-0.2, 0) is 6.42 Å². The van der Waals surface area contributed by atoms with Crippen LogP contribution in [0.5, 0.6) is 0 Å². The summed E-state index contributed by atoms with van der Waals surface area (Å²) in [6, 6.07) is 8.01. The third-order valence-corrected chi connectivity index (χ3v) is 2.94. The van der Waals surface area contributed by atoms with E-state index in [1.54, 1.807) is 6.20 Å². The standard InChI is InChI=1S/C12H9BrN2/c1-14-7-5-9-6-8-15-12-10(9)3-2-4-11(12)13/h2-4,6,8H,5,7H2. The Hall–Kier alpha value is -1.40. The van der Waals surface area contributed by atoms with Crippen molar-refractivity contribution in [2.75, 3.05) is 6.54 Å². The number of benzene rings is 1. The maximum absolute atomic E-state index is 6.80. The summed E-state index contributed by atoms with van der Waals surface area (Å²) in [5, 5.41) is 1.13. The van der Waals surface area contributed by atoms with Gasteiger partial charge >= 0.3 is 0 Å². The molecule has 0 fully saturated rings. The molecule has 0 amide bonds. The van der Waals surface area contributed by atoms with Crippen LogP contribution in [0, 0.1) is 6.57 Å². The van der Waals surface area contributed by atoms with Gasteiger partial charge in [0.15, 0.2) is 0 Å². The second-order valence-electron chi connectivity index (χ2n) is 3.24. The predicted molar refractivity (Wildman–Crippen MR) is 64.6 cm³/mol. The summed E-state index contributed by atoms with van der Waals surface area (Å²) in [5.74, 6) is 0. The Balaban J connectivity index is 2.57. The van der Waals surface area contributed by atoms with Crippen molar-refractivity contribution in [2.24, 2.45) is 0 Å². The first-order valence-electron chi connectivity index (χ1n) is 4.68. The van der Waals surface area contributed by atoms with Gasteiger partial charge in [-0.25, -0.2) is 6.57 Å². The van der Waals surface area contributed by atoms with Crippen molar-refractivity contribution >= 4 is 26.8 Å². The van der Waals surface area contributed by atoms with Gasteiger partial charge in [-0.1, -0.05) is 12.1 Å². The molecule has 0 aliphatic heterocycles. The molecular formula is C12H9BrN2. The van der Waals surface area contributed by atoms with Crippen LogP contribution in [0.2, 0.25) is 0 Å². The average Bonchev–Trinajstić information content (AvgIpc) is 2.27. The molecular weight excluding hydrogens is 252 g/mol. The number of halogens is 1. The summed E-state index contributed by atoms with van der Waals surface area (Å²) in [4.78, 5) is 7.70. The van der Waals surface area contributed by atoms with Gasteiger partial charge in [-0.2, -0.15) is 0 Å². The molecule has 0 N–H and O–H groups in total. The molecule has 0 saturated heterocycles. The number of fused-ring (bicyclic) bond motifs is 1. The zero-order valence-electron chi connectivity index (χ0n) is 8.07. The van der Waals surface area contributed by atoms with Crippen LogP contribution in [0.1, 0.15) is 5.56 Å². The Bertz CT molecular complexity index is 529. The van der Waals surface area contributed by atoms with Crippen LogP contribution in [0.15, 0.2) is 34.9 Å². The Labute approximate surface area is 96.9 Å². The largest absolute Gasteiger partial charge is 0.317 e. The first kappa shape index (κ1) is 10.1. The van der Waals surface area contributed by atoms with Crippen molar-refractivity contribution in [3.63, 3.8) is 0 Å². The van der Waals surface area contributed by atoms with Gasteiger partial charge in [0, 0.05) is 22.5 Å². The molecule has 0 aliphatic rings. The summed E-state index contributed by atoms with van der Waals surface area (Å²) in [6.45, 7) is 7.34. The quantitative estimate of drug-likeness (QED) is 0.757.